The highest BCUT2D eigenvalue weighted by molar-refractivity contribution is 5.91. The van der Waals surface area contributed by atoms with Crippen LogP contribution in [0.2, 0.25) is 0 Å². The number of carbonyl (C=O) groups is 1. The van der Waals surface area contributed by atoms with E-state index in [4.69, 9.17) is 9.84 Å². The molecule has 110 valence electrons. The minimum atomic E-state index is -0.367. The number of benzene rings is 2. The Hall–Kier alpha value is -2.13. The highest BCUT2D eigenvalue weighted by atomic mass is 16.5. The van der Waals surface area contributed by atoms with Gasteiger partial charge in [-0.15, -0.1) is 0 Å². The third kappa shape index (κ3) is 4.43. The summed E-state index contributed by atoms with van der Waals surface area (Å²) in [5.41, 5.74) is 2.57. The predicted octanol–water partition coefficient (Wildman–Crippen LogP) is 3.74. The van der Waals surface area contributed by atoms with Crippen LogP contribution in [0.25, 0.3) is 0 Å². The second kappa shape index (κ2) is 7.60. The molecule has 0 radical (unpaired) electrons. The summed E-state index contributed by atoms with van der Waals surface area (Å²) in [5.74, 6) is 0.112. The fraction of sp³-hybridized carbons (Fsp3) is 0.278. The average Bonchev–Trinajstić information content (AvgIpc) is 2.54. The van der Waals surface area contributed by atoms with Gasteiger partial charge in [-0.05, 0) is 48.2 Å². The number of hydrogen-bond donors (Lipinski definition) is 1. The zero-order valence-electron chi connectivity index (χ0n) is 12.2. The van der Waals surface area contributed by atoms with Crippen LogP contribution in [0.4, 0.5) is 0 Å². The Kier molecular flexibility index (Phi) is 5.52. The normalized spacial score (nSPS) is 10.4. The first-order valence-electron chi connectivity index (χ1n) is 7.24. The molecule has 0 unspecified atom stereocenters. The smallest absolute Gasteiger partial charge is 0.343 e. The van der Waals surface area contributed by atoms with E-state index in [0.29, 0.717) is 11.3 Å². The van der Waals surface area contributed by atoms with Gasteiger partial charge in [-0.1, -0.05) is 37.6 Å². The molecule has 0 aliphatic heterocycles. The lowest BCUT2D eigenvalue weighted by molar-refractivity contribution is 0.0734. The largest absolute Gasteiger partial charge is 0.423 e. The molecule has 3 nitrogen and oxygen atoms in total. The first-order valence-corrected chi connectivity index (χ1v) is 7.24. The maximum Gasteiger partial charge on any atom is 0.343 e. The van der Waals surface area contributed by atoms with Gasteiger partial charge in [0.1, 0.15) is 5.75 Å². The van der Waals surface area contributed by atoms with Crippen molar-refractivity contribution in [1.82, 2.24) is 0 Å². The Balaban J connectivity index is 1.98. The van der Waals surface area contributed by atoms with Crippen molar-refractivity contribution in [2.24, 2.45) is 0 Å². The van der Waals surface area contributed by atoms with Crippen LogP contribution < -0.4 is 4.74 Å². The van der Waals surface area contributed by atoms with Crippen molar-refractivity contribution in [1.29, 1.82) is 0 Å². The van der Waals surface area contributed by atoms with Crippen LogP contribution in [-0.4, -0.2) is 11.1 Å². The van der Waals surface area contributed by atoms with Crippen molar-refractivity contribution in [3.05, 3.63) is 65.2 Å². The van der Waals surface area contributed by atoms with Gasteiger partial charge in [0.05, 0.1) is 12.2 Å². The van der Waals surface area contributed by atoms with Crippen LogP contribution >= 0.6 is 0 Å². The van der Waals surface area contributed by atoms with Crippen LogP contribution in [0.5, 0.6) is 5.75 Å². The Morgan fingerprint density at radius 1 is 1.00 bits per heavy atom. The molecule has 0 amide bonds. The highest BCUT2D eigenvalue weighted by Crippen LogP contribution is 2.15. The summed E-state index contributed by atoms with van der Waals surface area (Å²) in [4.78, 5) is 12.0. The molecule has 0 atom stereocenters. The van der Waals surface area contributed by atoms with E-state index in [2.05, 4.69) is 6.92 Å². The van der Waals surface area contributed by atoms with Crippen molar-refractivity contribution in [2.45, 2.75) is 32.8 Å². The first-order chi connectivity index (χ1) is 10.2. The Morgan fingerprint density at radius 2 is 1.62 bits per heavy atom. The lowest BCUT2D eigenvalue weighted by atomic mass is 10.1. The zero-order valence-corrected chi connectivity index (χ0v) is 12.2. The Bertz CT molecular complexity index is 570. The third-order valence-electron chi connectivity index (χ3n) is 3.33. The molecule has 0 spiro atoms. The topological polar surface area (TPSA) is 46.5 Å². The number of ether oxygens (including phenoxy) is 1. The third-order valence-corrected chi connectivity index (χ3v) is 3.33. The second-order valence-electron chi connectivity index (χ2n) is 4.99. The van der Waals surface area contributed by atoms with Gasteiger partial charge < -0.3 is 9.84 Å². The van der Waals surface area contributed by atoms with Gasteiger partial charge in [0.25, 0.3) is 0 Å². The van der Waals surface area contributed by atoms with Gasteiger partial charge in [0.15, 0.2) is 0 Å². The number of hydrogen-bond acceptors (Lipinski definition) is 3. The van der Waals surface area contributed by atoms with E-state index in [1.54, 1.807) is 36.4 Å². The van der Waals surface area contributed by atoms with Gasteiger partial charge in [-0.25, -0.2) is 4.79 Å². The van der Waals surface area contributed by atoms with E-state index in [9.17, 15) is 4.79 Å². The van der Waals surface area contributed by atoms with Gasteiger partial charge in [0, 0.05) is 0 Å². The van der Waals surface area contributed by atoms with E-state index in [1.165, 1.54) is 5.56 Å². The van der Waals surface area contributed by atoms with Gasteiger partial charge >= 0.3 is 5.97 Å². The van der Waals surface area contributed by atoms with Crippen molar-refractivity contribution >= 4 is 5.97 Å². The van der Waals surface area contributed by atoms with Crippen LogP contribution in [0, 0.1) is 0 Å². The maximum absolute atomic E-state index is 12.0. The van der Waals surface area contributed by atoms with Crippen molar-refractivity contribution in [3.8, 4) is 5.75 Å². The summed E-state index contributed by atoms with van der Waals surface area (Å²) in [7, 11) is 0. The number of aryl methyl sites for hydroxylation is 1. The molecule has 21 heavy (non-hydrogen) atoms. The van der Waals surface area contributed by atoms with E-state index in [-0.39, 0.29) is 12.6 Å². The number of esters is 1. The molecule has 0 bridgehead atoms. The summed E-state index contributed by atoms with van der Waals surface area (Å²) in [6, 6.07) is 14.4. The van der Waals surface area contributed by atoms with Crippen molar-refractivity contribution in [2.75, 3.05) is 0 Å². The van der Waals surface area contributed by atoms with E-state index >= 15 is 0 Å². The Morgan fingerprint density at radius 3 is 2.19 bits per heavy atom. The monoisotopic (exact) mass is 284 g/mol. The summed E-state index contributed by atoms with van der Waals surface area (Å²) in [6.07, 6.45) is 3.35. The molecule has 0 aliphatic carbocycles. The summed E-state index contributed by atoms with van der Waals surface area (Å²) >= 11 is 0. The fourth-order valence-corrected chi connectivity index (χ4v) is 2.02. The van der Waals surface area contributed by atoms with Crippen LogP contribution in [0.3, 0.4) is 0 Å². The SMILES string of the molecule is CCCCc1ccc(C(=O)Oc2ccc(CO)cc2)cc1. The first kappa shape index (κ1) is 15.3. The molecule has 0 aromatic heterocycles. The van der Waals surface area contributed by atoms with Gasteiger partial charge in [-0.2, -0.15) is 0 Å². The molecule has 0 saturated heterocycles. The summed E-state index contributed by atoms with van der Waals surface area (Å²) in [5, 5.41) is 8.97. The molecule has 0 saturated carbocycles. The molecule has 0 aliphatic rings. The van der Waals surface area contributed by atoms with Crippen molar-refractivity contribution < 1.29 is 14.6 Å². The molecule has 2 aromatic carbocycles. The number of carbonyl (C=O) groups excluding carboxylic acids is 1. The molecule has 2 rings (SSSR count). The fourth-order valence-electron chi connectivity index (χ4n) is 2.02. The molecule has 2 aromatic rings. The summed E-state index contributed by atoms with van der Waals surface area (Å²) < 4.78 is 5.30. The molecular weight excluding hydrogens is 264 g/mol. The van der Waals surface area contributed by atoms with Crippen LogP contribution in [-0.2, 0) is 13.0 Å². The van der Waals surface area contributed by atoms with Gasteiger partial charge in [-0.3, -0.25) is 0 Å². The van der Waals surface area contributed by atoms with E-state index in [1.807, 2.05) is 12.1 Å². The second-order valence-corrected chi connectivity index (χ2v) is 4.99. The van der Waals surface area contributed by atoms with E-state index in [0.717, 1.165) is 24.8 Å². The number of aliphatic hydroxyl groups is 1. The van der Waals surface area contributed by atoms with E-state index < -0.39 is 0 Å². The lowest BCUT2D eigenvalue weighted by Crippen LogP contribution is -2.08. The molecule has 0 heterocycles. The van der Waals surface area contributed by atoms with Gasteiger partial charge in [0.2, 0.25) is 0 Å². The van der Waals surface area contributed by atoms with Crippen LogP contribution in [0.15, 0.2) is 48.5 Å². The minimum absolute atomic E-state index is 0.0204. The number of aliphatic hydroxyl groups excluding tert-OH is 1. The summed E-state index contributed by atoms with van der Waals surface area (Å²) in [6.45, 7) is 2.14. The molecule has 3 heteroatoms. The lowest BCUT2D eigenvalue weighted by Gasteiger charge is -2.06. The molecule has 0 fully saturated rings. The maximum atomic E-state index is 12.0. The molecular formula is C18H20O3. The molecule has 1 N–H and O–H groups in total. The Labute approximate surface area is 125 Å². The van der Waals surface area contributed by atoms with Crippen molar-refractivity contribution in [3.63, 3.8) is 0 Å². The highest BCUT2D eigenvalue weighted by Gasteiger charge is 2.08. The minimum Gasteiger partial charge on any atom is -0.423 e. The number of rotatable bonds is 6. The zero-order chi connectivity index (χ0) is 15.1. The van der Waals surface area contributed by atoms with Crippen LogP contribution in [0.1, 0.15) is 41.3 Å². The average molecular weight is 284 g/mol. The standard InChI is InChI=1S/C18H20O3/c1-2-3-4-14-5-9-16(10-6-14)18(20)21-17-11-7-15(13-19)8-12-17/h5-12,19H,2-4,13H2,1H3. The number of unbranched alkanes of at least 4 members (excludes halogenated alkanes) is 1. The quantitative estimate of drug-likeness (QED) is 0.649. The predicted molar refractivity (Wildman–Crippen MR) is 82.4 cm³/mol.